The van der Waals surface area contributed by atoms with Gasteiger partial charge in [0.25, 0.3) is 0 Å². The Morgan fingerprint density at radius 1 is 0.600 bits per heavy atom. The fraction of sp³-hybridized carbons (Fsp3) is 0.947. The minimum Gasteiger partial charge on any atom is -0.469 e. The van der Waals surface area contributed by atoms with Crippen LogP contribution in [0.4, 0.5) is 0 Å². The van der Waals surface area contributed by atoms with Gasteiger partial charge < -0.3 is 23.7 Å². The summed E-state index contributed by atoms with van der Waals surface area (Å²) < 4.78 is 26.2. The molecular weight excluding hydrogens is 324 g/mol. The molecule has 0 aliphatic rings. The molecule has 0 aliphatic carbocycles. The van der Waals surface area contributed by atoms with Gasteiger partial charge in [-0.25, -0.2) is 0 Å². The monoisotopic (exact) mass is 362 g/mol. The topological polar surface area (TPSA) is 63.2 Å². The van der Waals surface area contributed by atoms with Crippen LogP contribution in [0, 0.1) is 0 Å². The van der Waals surface area contributed by atoms with Crippen LogP contribution >= 0.6 is 0 Å². The van der Waals surface area contributed by atoms with E-state index in [4.69, 9.17) is 18.9 Å². The number of carbonyl (C=O) groups excluding carboxylic acids is 1. The number of carbonyl (C=O) groups is 1. The molecule has 0 saturated heterocycles. The molecule has 6 nitrogen and oxygen atoms in total. The fourth-order valence-electron chi connectivity index (χ4n) is 2.17. The molecule has 0 bridgehead atoms. The van der Waals surface area contributed by atoms with E-state index in [0.29, 0.717) is 59.1 Å². The Morgan fingerprint density at radius 2 is 1.04 bits per heavy atom. The molecule has 0 fully saturated rings. The Kier molecular flexibility index (Phi) is 20.8. The van der Waals surface area contributed by atoms with Crippen molar-refractivity contribution in [1.82, 2.24) is 0 Å². The zero-order valence-electron chi connectivity index (χ0n) is 16.3. The summed E-state index contributed by atoms with van der Waals surface area (Å²) in [5.74, 6) is -0.201. The second-order valence-corrected chi connectivity index (χ2v) is 5.90. The third-order valence-corrected chi connectivity index (χ3v) is 3.66. The Labute approximate surface area is 153 Å². The highest BCUT2D eigenvalue weighted by atomic mass is 16.6. The zero-order chi connectivity index (χ0) is 18.4. The maximum Gasteiger partial charge on any atom is 0.305 e. The molecule has 0 atom stereocenters. The number of unbranched alkanes of at least 4 members (excludes halogenated alkanes) is 5. The van der Waals surface area contributed by atoms with Gasteiger partial charge >= 0.3 is 5.97 Å². The van der Waals surface area contributed by atoms with Crippen molar-refractivity contribution in [3.05, 3.63) is 0 Å². The van der Waals surface area contributed by atoms with Gasteiger partial charge in [-0.15, -0.1) is 0 Å². The number of rotatable bonds is 20. The molecule has 0 aromatic heterocycles. The molecule has 0 heterocycles. The molecule has 150 valence electrons. The maximum atomic E-state index is 10.9. The Hall–Kier alpha value is -0.690. The Balaban J connectivity index is 2.99. The minimum absolute atomic E-state index is 0.201. The van der Waals surface area contributed by atoms with Crippen molar-refractivity contribution in [1.29, 1.82) is 0 Å². The summed E-state index contributed by atoms with van der Waals surface area (Å²) in [6, 6.07) is 0. The first-order valence-electron chi connectivity index (χ1n) is 9.69. The summed E-state index contributed by atoms with van der Waals surface area (Å²) in [6.07, 6.45) is 8.78. The molecule has 6 heteroatoms. The van der Waals surface area contributed by atoms with Gasteiger partial charge in [0.2, 0.25) is 0 Å². The summed E-state index contributed by atoms with van der Waals surface area (Å²) in [4.78, 5) is 10.9. The quantitative estimate of drug-likeness (QED) is 0.244. The van der Waals surface area contributed by atoms with Crippen molar-refractivity contribution in [3.8, 4) is 0 Å². The third-order valence-electron chi connectivity index (χ3n) is 3.66. The number of hydrogen-bond acceptors (Lipinski definition) is 6. The van der Waals surface area contributed by atoms with Crippen LogP contribution in [0.1, 0.15) is 58.3 Å². The molecule has 0 N–H and O–H groups in total. The number of methoxy groups -OCH3 is 1. The largest absolute Gasteiger partial charge is 0.469 e. The lowest BCUT2D eigenvalue weighted by Crippen LogP contribution is -2.12. The number of ether oxygens (including phenoxy) is 5. The highest BCUT2D eigenvalue weighted by Crippen LogP contribution is 2.04. The average Bonchev–Trinajstić information content (AvgIpc) is 2.63. The van der Waals surface area contributed by atoms with Gasteiger partial charge in [0.15, 0.2) is 0 Å². The van der Waals surface area contributed by atoms with Gasteiger partial charge in [0.05, 0.1) is 46.8 Å². The van der Waals surface area contributed by atoms with Gasteiger partial charge in [-0.05, 0) is 12.8 Å². The van der Waals surface area contributed by atoms with Gasteiger partial charge in [0, 0.05) is 19.6 Å². The van der Waals surface area contributed by atoms with Gasteiger partial charge in [-0.1, -0.05) is 39.0 Å². The van der Waals surface area contributed by atoms with Crippen LogP contribution in [-0.4, -0.2) is 65.9 Å². The first-order valence-corrected chi connectivity index (χ1v) is 9.69. The molecule has 0 aromatic rings. The highest BCUT2D eigenvalue weighted by molar-refractivity contribution is 5.68. The summed E-state index contributed by atoms with van der Waals surface area (Å²) in [7, 11) is 1.39. The van der Waals surface area contributed by atoms with Gasteiger partial charge in [0.1, 0.15) is 0 Å². The van der Waals surface area contributed by atoms with Crippen LogP contribution in [0.25, 0.3) is 0 Å². The predicted molar refractivity (Wildman–Crippen MR) is 97.9 cm³/mol. The molecule has 0 aromatic carbocycles. The van der Waals surface area contributed by atoms with Gasteiger partial charge in [-0.2, -0.15) is 0 Å². The normalized spacial score (nSPS) is 11.0. The first-order chi connectivity index (χ1) is 12.3. The van der Waals surface area contributed by atoms with Crippen LogP contribution in [0.15, 0.2) is 0 Å². The van der Waals surface area contributed by atoms with Crippen LogP contribution in [0.2, 0.25) is 0 Å². The van der Waals surface area contributed by atoms with E-state index >= 15 is 0 Å². The molecular formula is C19H38O6. The van der Waals surface area contributed by atoms with Crippen molar-refractivity contribution in [3.63, 3.8) is 0 Å². The molecule has 0 unspecified atom stereocenters. The summed E-state index contributed by atoms with van der Waals surface area (Å²) in [5, 5.41) is 0. The number of hydrogen-bond donors (Lipinski definition) is 0. The minimum atomic E-state index is -0.201. The van der Waals surface area contributed by atoms with Crippen molar-refractivity contribution in [2.75, 3.05) is 60.0 Å². The van der Waals surface area contributed by atoms with E-state index in [1.165, 1.54) is 39.2 Å². The van der Waals surface area contributed by atoms with Crippen LogP contribution in [-0.2, 0) is 28.5 Å². The Morgan fingerprint density at radius 3 is 1.56 bits per heavy atom. The van der Waals surface area contributed by atoms with Crippen molar-refractivity contribution in [2.24, 2.45) is 0 Å². The van der Waals surface area contributed by atoms with Gasteiger partial charge in [-0.3, -0.25) is 4.79 Å². The molecule has 0 aliphatic heterocycles. The smallest absolute Gasteiger partial charge is 0.305 e. The van der Waals surface area contributed by atoms with Crippen molar-refractivity contribution < 1.29 is 28.5 Å². The summed E-state index contributed by atoms with van der Waals surface area (Å²) in [5.41, 5.74) is 0. The fourth-order valence-corrected chi connectivity index (χ4v) is 2.17. The summed E-state index contributed by atoms with van der Waals surface area (Å²) in [6.45, 7) is 7.08. The first kappa shape index (κ1) is 24.3. The SMILES string of the molecule is CCCCCCCCOCCOCCOCCOCCCC(=O)OC. The van der Waals surface area contributed by atoms with E-state index in [9.17, 15) is 4.79 Å². The second kappa shape index (κ2) is 21.4. The van der Waals surface area contributed by atoms with Crippen molar-refractivity contribution >= 4 is 5.97 Å². The van der Waals surface area contributed by atoms with Crippen LogP contribution < -0.4 is 0 Å². The number of esters is 1. The van der Waals surface area contributed by atoms with Crippen LogP contribution in [0.5, 0.6) is 0 Å². The van der Waals surface area contributed by atoms with E-state index < -0.39 is 0 Å². The molecule has 0 spiro atoms. The lowest BCUT2D eigenvalue weighted by molar-refractivity contribution is -0.141. The second-order valence-electron chi connectivity index (χ2n) is 5.90. The van der Waals surface area contributed by atoms with E-state index in [0.717, 1.165) is 13.0 Å². The van der Waals surface area contributed by atoms with E-state index in [2.05, 4.69) is 11.7 Å². The lowest BCUT2D eigenvalue weighted by atomic mass is 10.1. The molecule has 0 rings (SSSR count). The molecule has 25 heavy (non-hydrogen) atoms. The standard InChI is InChI=1S/C19H38O6/c1-3-4-5-6-7-8-11-22-13-15-24-17-18-25-16-14-23-12-9-10-19(20)21-2/h3-18H2,1-2H3. The van der Waals surface area contributed by atoms with E-state index in [1.807, 2.05) is 0 Å². The predicted octanol–water partition coefficient (Wildman–Crippen LogP) is 3.37. The lowest BCUT2D eigenvalue weighted by Gasteiger charge is -2.07. The van der Waals surface area contributed by atoms with E-state index in [1.54, 1.807) is 0 Å². The molecule has 0 saturated carbocycles. The highest BCUT2D eigenvalue weighted by Gasteiger charge is 1.99. The van der Waals surface area contributed by atoms with Crippen molar-refractivity contribution in [2.45, 2.75) is 58.3 Å². The maximum absolute atomic E-state index is 10.9. The van der Waals surface area contributed by atoms with Crippen LogP contribution in [0.3, 0.4) is 0 Å². The Bertz CT molecular complexity index is 273. The zero-order valence-corrected chi connectivity index (χ0v) is 16.3. The average molecular weight is 363 g/mol. The van der Waals surface area contributed by atoms with E-state index in [-0.39, 0.29) is 5.97 Å². The molecule has 0 radical (unpaired) electrons. The summed E-state index contributed by atoms with van der Waals surface area (Å²) >= 11 is 0. The molecule has 0 amide bonds. The third kappa shape index (κ3) is 21.3.